The quantitative estimate of drug-likeness (QED) is 0.234. The number of oxime groups is 1. The van der Waals surface area contributed by atoms with Crippen LogP contribution in [0.4, 0.5) is 0 Å². The molecule has 0 saturated carbocycles. The molecule has 0 amide bonds. The first kappa shape index (κ1) is 17.4. The van der Waals surface area contributed by atoms with Crippen molar-refractivity contribution in [2.75, 3.05) is 0 Å². The van der Waals surface area contributed by atoms with E-state index in [0.717, 1.165) is 32.1 Å². The second kappa shape index (κ2) is 11.5. The van der Waals surface area contributed by atoms with Gasteiger partial charge in [0, 0.05) is 0 Å². The van der Waals surface area contributed by atoms with E-state index in [-0.39, 0.29) is 0 Å². The average molecular weight is 257 g/mol. The van der Waals surface area contributed by atoms with Crippen LogP contribution in [0.5, 0.6) is 0 Å². The lowest BCUT2D eigenvalue weighted by Gasteiger charge is -2.23. The summed E-state index contributed by atoms with van der Waals surface area (Å²) >= 11 is 0. The molecular formula is C15H31NO2. The largest absolute Gasteiger partial charge is 0.411 e. The summed E-state index contributed by atoms with van der Waals surface area (Å²) in [4.78, 5) is 0. The summed E-state index contributed by atoms with van der Waals surface area (Å²) in [6.45, 7) is 4.36. The fraction of sp³-hybridized carbons (Fsp3) is 0.933. The van der Waals surface area contributed by atoms with Crippen LogP contribution in [0.3, 0.4) is 0 Å². The molecule has 0 radical (unpaired) electrons. The van der Waals surface area contributed by atoms with Gasteiger partial charge in [0.15, 0.2) is 0 Å². The topological polar surface area (TPSA) is 52.8 Å². The van der Waals surface area contributed by atoms with Crippen LogP contribution in [0.2, 0.25) is 0 Å². The van der Waals surface area contributed by atoms with Crippen LogP contribution in [0, 0.1) is 0 Å². The lowest BCUT2D eigenvalue weighted by atomic mass is 9.91. The van der Waals surface area contributed by atoms with Gasteiger partial charge in [-0.05, 0) is 12.8 Å². The molecular weight excluding hydrogens is 226 g/mol. The number of hydrogen-bond acceptors (Lipinski definition) is 3. The summed E-state index contributed by atoms with van der Waals surface area (Å²) in [6.07, 6.45) is 13.3. The Labute approximate surface area is 112 Å². The van der Waals surface area contributed by atoms with Crippen LogP contribution in [-0.2, 0) is 0 Å². The zero-order valence-electron chi connectivity index (χ0n) is 12.2. The predicted molar refractivity (Wildman–Crippen MR) is 77.4 cm³/mol. The Hall–Kier alpha value is -0.570. The lowest BCUT2D eigenvalue weighted by molar-refractivity contribution is 0.0882. The molecule has 0 saturated heterocycles. The molecule has 1 atom stereocenters. The number of nitrogens with zero attached hydrogens (tertiary/aromatic N) is 1. The van der Waals surface area contributed by atoms with Crippen LogP contribution in [-0.4, -0.2) is 22.1 Å². The van der Waals surface area contributed by atoms with Gasteiger partial charge in [-0.2, -0.15) is 0 Å². The van der Waals surface area contributed by atoms with E-state index in [1.165, 1.54) is 31.9 Å². The van der Waals surface area contributed by atoms with Crippen molar-refractivity contribution in [3.05, 3.63) is 0 Å². The molecule has 0 heterocycles. The van der Waals surface area contributed by atoms with E-state index in [1.807, 2.05) is 0 Å². The van der Waals surface area contributed by atoms with E-state index in [4.69, 9.17) is 5.21 Å². The van der Waals surface area contributed by atoms with Gasteiger partial charge in [0.25, 0.3) is 0 Å². The second-order valence-corrected chi connectivity index (χ2v) is 5.32. The first-order chi connectivity index (χ1) is 8.68. The average Bonchev–Trinajstić information content (AvgIpc) is 2.34. The minimum atomic E-state index is -0.894. The van der Waals surface area contributed by atoms with Gasteiger partial charge in [0.1, 0.15) is 5.60 Å². The molecule has 0 aliphatic rings. The summed E-state index contributed by atoms with van der Waals surface area (Å²) in [5.74, 6) is 0. The van der Waals surface area contributed by atoms with Crippen LogP contribution in [0.15, 0.2) is 5.16 Å². The van der Waals surface area contributed by atoms with Gasteiger partial charge in [-0.1, -0.05) is 76.8 Å². The molecule has 2 N–H and O–H groups in total. The molecule has 0 fully saturated rings. The molecule has 0 aromatic heterocycles. The molecule has 3 heteroatoms. The molecule has 1 unspecified atom stereocenters. The Balaban J connectivity index is 3.80. The van der Waals surface area contributed by atoms with E-state index < -0.39 is 5.60 Å². The normalized spacial score (nSPS) is 15.1. The van der Waals surface area contributed by atoms with Crippen molar-refractivity contribution in [2.45, 2.75) is 90.1 Å². The standard InChI is InChI=1S/C15H31NO2/c1-3-5-7-8-9-11-13-15(17,14-16-18)12-10-6-4-2/h14,17-18H,3-13H2,1-2H3. The minimum Gasteiger partial charge on any atom is -0.411 e. The molecule has 0 aliphatic heterocycles. The maximum absolute atomic E-state index is 10.3. The fourth-order valence-corrected chi connectivity index (χ4v) is 2.25. The van der Waals surface area contributed by atoms with Crippen molar-refractivity contribution in [2.24, 2.45) is 5.16 Å². The van der Waals surface area contributed by atoms with Crippen molar-refractivity contribution in [3.63, 3.8) is 0 Å². The summed E-state index contributed by atoms with van der Waals surface area (Å²) in [5.41, 5.74) is -0.894. The Kier molecular flexibility index (Phi) is 11.2. The number of hydrogen-bond donors (Lipinski definition) is 2. The van der Waals surface area contributed by atoms with Crippen molar-refractivity contribution < 1.29 is 10.3 Å². The fourth-order valence-electron chi connectivity index (χ4n) is 2.25. The molecule has 18 heavy (non-hydrogen) atoms. The Bertz CT molecular complexity index is 207. The summed E-state index contributed by atoms with van der Waals surface area (Å²) in [6, 6.07) is 0. The third-order valence-corrected chi connectivity index (χ3v) is 3.47. The Morgan fingerprint density at radius 3 is 1.83 bits per heavy atom. The first-order valence-electron chi connectivity index (χ1n) is 7.59. The minimum absolute atomic E-state index is 0.708. The van der Waals surface area contributed by atoms with E-state index >= 15 is 0 Å². The number of rotatable bonds is 12. The van der Waals surface area contributed by atoms with Gasteiger partial charge < -0.3 is 10.3 Å². The molecule has 0 rings (SSSR count). The molecule has 0 aromatic rings. The summed E-state index contributed by atoms with van der Waals surface area (Å²) < 4.78 is 0. The van der Waals surface area contributed by atoms with Crippen LogP contribution < -0.4 is 0 Å². The van der Waals surface area contributed by atoms with Crippen molar-refractivity contribution in [3.8, 4) is 0 Å². The molecule has 0 spiro atoms. The zero-order valence-corrected chi connectivity index (χ0v) is 12.2. The third-order valence-electron chi connectivity index (χ3n) is 3.47. The second-order valence-electron chi connectivity index (χ2n) is 5.32. The number of unbranched alkanes of at least 4 members (excludes halogenated alkanes) is 7. The van der Waals surface area contributed by atoms with Gasteiger partial charge in [0.05, 0.1) is 6.21 Å². The van der Waals surface area contributed by atoms with E-state index in [0.29, 0.717) is 12.8 Å². The Morgan fingerprint density at radius 1 is 0.833 bits per heavy atom. The molecule has 0 aliphatic carbocycles. The van der Waals surface area contributed by atoms with E-state index in [2.05, 4.69) is 19.0 Å². The molecule has 108 valence electrons. The van der Waals surface area contributed by atoms with Crippen molar-refractivity contribution >= 4 is 6.21 Å². The predicted octanol–water partition coefficient (Wildman–Crippen LogP) is 4.51. The van der Waals surface area contributed by atoms with Crippen molar-refractivity contribution in [1.29, 1.82) is 0 Å². The molecule has 3 nitrogen and oxygen atoms in total. The SMILES string of the molecule is CCCCCCCCC(O)(C=NO)CCCCC. The zero-order chi connectivity index (χ0) is 13.7. The van der Waals surface area contributed by atoms with Gasteiger partial charge in [-0.3, -0.25) is 0 Å². The smallest absolute Gasteiger partial charge is 0.103 e. The maximum atomic E-state index is 10.3. The monoisotopic (exact) mass is 257 g/mol. The van der Waals surface area contributed by atoms with Crippen LogP contribution in [0.1, 0.15) is 84.5 Å². The van der Waals surface area contributed by atoms with Gasteiger partial charge in [-0.15, -0.1) is 0 Å². The van der Waals surface area contributed by atoms with E-state index in [9.17, 15) is 5.11 Å². The van der Waals surface area contributed by atoms with Crippen LogP contribution >= 0.6 is 0 Å². The highest BCUT2D eigenvalue weighted by Gasteiger charge is 2.23. The third kappa shape index (κ3) is 9.46. The first-order valence-corrected chi connectivity index (χ1v) is 7.59. The highest BCUT2D eigenvalue weighted by atomic mass is 16.4. The van der Waals surface area contributed by atoms with Gasteiger partial charge in [-0.25, -0.2) is 0 Å². The highest BCUT2D eigenvalue weighted by Crippen LogP contribution is 2.21. The van der Waals surface area contributed by atoms with E-state index in [1.54, 1.807) is 0 Å². The molecule has 0 bridgehead atoms. The van der Waals surface area contributed by atoms with Gasteiger partial charge in [0.2, 0.25) is 0 Å². The number of aliphatic hydroxyl groups is 1. The van der Waals surface area contributed by atoms with Crippen LogP contribution in [0.25, 0.3) is 0 Å². The molecule has 0 aromatic carbocycles. The summed E-state index contributed by atoms with van der Waals surface area (Å²) in [5, 5.41) is 22.0. The Morgan fingerprint density at radius 2 is 1.28 bits per heavy atom. The van der Waals surface area contributed by atoms with Crippen molar-refractivity contribution in [1.82, 2.24) is 0 Å². The maximum Gasteiger partial charge on any atom is 0.103 e. The highest BCUT2D eigenvalue weighted by molar-refractivity contribution is 5.67. The summed E-state index contributed by atoms with van der Waals surface area (Å²) in [7, 11) is 0. The lowest BCUT2D eigenvalue weighted by Crippen LogP contribution is -2.30. The van der Waals surface area contributed by atoms with Gasteiger partial charge >= 0.3 is 0 Å².